The van der Waals surface area contributed by atoms with Crippen LogP contribution in [0.25, 0.3) is 0 Å². The van der Waals surface area contributed by atoms with Gasteiger partial charge in [-0.25, -0.2) is 0 Å². The number of carboxylic acids is 1. The molecule has 1 aliphatic rings. The quantitative estimate of drug-likeness (QED) is 0.707. The van der Waals surface area contributed by atoms with Crippen molar-refractivity contribution in [1.82, 2.24) is 4.90 Å². The first kappa shape index (κ1) is 12.4. The van der Waals surface area contributed by atoms with Gasteiger partial charge in [0.05, 0.1) is 19.2 Å². The summed E-state index contributed by atoms with van der Waals surface area (Å²) in [6.45, 7) is 1.38. The highest BCUT2D eigenvalue weighted by atomic mass is 19.1. The molecule has 1 fully saturated rings. The molecule has 1 saturated heterocycles. The van der Waals surface area contributed by atoms with Crippen LogP contribution in [0.3, 0.4) is 0 Å². The number of aliphatic hydroxyl groups excluding tert-OH is 1. The Balaban J connectivity index is 2.32. The molecule has 0 aromatic heterocycles. The first-order chi connectivity index (χ1) is 7.13. The summed E-state index contributed by atoms with van der Waals surface area (Å²) in [4.78, 5) is 12.4. The third-order valence-electron chi connectivity index (χ3n) is 2.90. The molecule has 2 atom stereocenters. The van der Waals surface area contributed by atoms with Crippen molar-refractivity contribution in [2.45, 2.75) is 25.4 Å². The minimum Gasteiger partial charge on any atom is -0.481 e. The summed E-state index contributed by atoms with van der Waals surface area (Å²) >= 11 is 0. The molecule has 2 unspecified atom stereocenters. The minimum atomic E-state index is -0.817. The number of halogens is 1. The zero-order chi connectivity index (χ0) is 11.3. The molecule has 5 heteroatoms. The van der Waals surface area contributed by atoms with Crippen LogP contribution in [0, 0.1) is 5.92 Å². The maximum absolute atomic E-state index is 12.2. The summed E-state index contributed by atoms with van der Waals surface area (Å²) in [5, 5.41) is 18.1. The number of hydrogen-bond acceptors (Lipinski definition) is 3. The maximum atomic E-state index is 12.2. The Hall–Kier alpha value is -0.680. The van der Waals surface area contributed by atoms with E-state index in [4.69, 9.17) is 5.11 Å². The van der Waals surface area contributed by atoms with E-state index in [1.165, 1.54) is 0 Å². The molecule has 1 heterocycles. The Morgan fingerprint density at radius 1 is 1.53 bits per heavy atom. The molecule has 4 nitrogen and oxygen atoms in total. The van der Waals surface area contributed by atoms with Crippen LogP contribution in [0.4, 0.5) is 4.39 Å². The highest BCUT2D eigenvalue weighted by molar-refractivity contribution is 5.66. The van der Waals surface area contributed by atoms with Crippen molar-refractivity contribution in [3.63, 3.8) is 0 Å². The average molecular weight is 219 g/mol. The molecule has 0 amide bonds. The first-order valence-corrected chi connectivity index (χ1v) is 5.31. The van der Waals surface area contributed by atoms with Crippen molar-refractivity contribution in [1.29, 1.82) is 0 Å². The van der Waals surface area contributed by atoms with Crippen molar-refractivity contribution < 1.29 is 19.4 Å². The molecular formula is C10H18FNO3. The van der Waals surface area contributed by atoms with Gasteiger partial charge in [-0.2, -0.15) is 0 Å². The molecule has 0 spiro atoms. The van der Waals surface area contributed by atoms with E-state index in [-0.39, 0.29) is 12.3 Å². The number of carbonyl (C=O) groups is 1. The van der Waals surface area contributed by atoms with Gasteiger partial charge in [0.15, 0.2) is 0 Å². The van der Waals surface area contributed by atoms with Crippen LogP contribution < -0.4 is 0 Å². The van der Waals surface area contributed by atoms with E-state index >= 15 is 0 Å². The van der Waals surface area contributed by atoms with Gasteiger partial charge in [0.1, 0.15) is 0 Å². The number of likely N-dealkylation sites (tertiary alicyclic amines) is 1. The molecule has 0 saturated carbocycles. The summed E-state index contributed by atoms with van der Waals surface area (Å²) in [5.41, 5.74) is 0. The smallest absolute Gasteiger partial charge is 0.304 e. The third kappa shape index (κ3) is 4.13. The Morgan fingerprint density at radius 3 is 2.87 bits per heavy atom. The number of hydrogen-bond donors (Lipinski definition) is 2. The molecule has 0 aromatic carbocycles. The first-order valence-electron chi connectivity index (χ1n) is 5.31. The van der Waals surface area contributed by atoms with Crippen LogP contribution in [0.1, 0.15) is 19.3 Å². The van der Waals surface area contributed by atoms with Gasteiger partial charge in [0, 0.05) is 25.6 Å². The van der Waals surface area contributed by atoms with Crippen molar-refractivity contribution in [3.05, 3.63) is 0 Å². The van der Waals surface area contributed by atoms with Gasteiger partial charge < -0.3 is 15.1 Å². The number of alkyl halides is 1. The van der Waals surface area contributed by atoms with Crippen LogP contribution in [0.5, 0.6) is 0 Å². The summed E-state index contributed by atoms with van der Waals surface area (Å²) in [6.07, 6.45) is 0.662. The molecule has 88 valence electrons. The van der Waals surface area contributed by atoms with Crippen LogP contribution in [0.2, 0.25) is 0 Å². The van der Waals surface area contributed by atoms with E-state index in [2.05, 4.69) is 0 Å². The molecule has 0 radical (unpaired) electrons. The fourth-order valence-electron chi connectivity index (χ4n) is 1.98. The van der Waals surface area contributed by atoms with Gasteiger partial charge in [0.2, 0.25) is 0 Å². The van der Waals surface area contributed by atoms with E-state index in [0.29, 0.717) is 32.5 Å². The Bertz CT molecular complexity index is 213. The van der Waals surface area contributed by atoms with Crippen molar-refractivity contribution in [2.24, 2.45) is 5.92 Å². The molecule has 0 aliphatic carbocycles. The highest BCUT2D eigenvalue weighted by Crippen LogP contribution is 2.20. The van der Waals surface area contributed by atoms with Crippen molar-refractivity contribution >= 4 is 5.97 Å². The molecule has 15 heavy (non-hydrogen) atoms. The number of aliphatic carboxylic acids is 1. The predicted octanol–water partition coefficient (Wildman–Crippen LogP) is 0.503. The lowest BCUT2D eigenvalue weighted by atomic mass is 9.92. The molecule has 0 aromatic rings. The van der Waals surface area contributed by atoms with Gasteiger partial charge in [0.25, 0.3) is 0 Å². The monoisotopic (exact) mass is 219 g/mol. The summed E-state index contributed by atoms with van der Waals surface area (Å²) in [6, 6.07) is 0. The van der Waals surface area contributed by atoms with E-state index in [9.17, 15) is 14.3 Å². The lowest BCUT2D eigenvalue weighted by Crippen LogP contribution is -2.44. The van der Waals surface area contributed by atoms with Crippen LogP contribution in [-0.2, 0) is 4.79 Å². The maximum Gasteiger partial charge on any atom is 0.304 e. The topological polar surface area (TPSA) is 60.8 Å². The highest BCUT2D eigenvalue weighted by Gasteiger charge is 2.27. The zero-order valence-corrected chi connectivity index (χ0v) is 8.73. The second-order valence-corrected chi connectivity index (χ2v) is 4.04. The molecule has 1 aliphatic heterocycles. The molecule has 1 rings (SSSR count). The normalized spacial score (nSPS) is 27.9. The lowest BCUT2D eigenvalue weighted by molar-refractivity contribution is -0.137. The number of rotatable bonds is 5. The standard InChI is InChI=1S/C10H18FNO3/c11-4-1-8-7-12(5-2-9(8)13)6-3-10(14)15/h8-9,13H,1-7H2,(H,14,15). The van der Waals surface area contributed by atoms with E-state index in [0.717, 1.165) is 0 Å². The Labute approximate surface area is 88.7 Å². The van der Waals surface area contributed by atoms with Gasteiger partial charge in [-0.05, 0) is 12.8 Å². The predicted molar refractivity (Wildman–Crippen MR) is 53.4 cm³/mol. The lowest BCUT2D eigenvalue weighted by Gasteiger charge is -2.35. The fourth-order valence-corrected chi connectivity index (χ4v) is 1.98. The minimum absolute atomic E-state index is 0.0439. The SMILES string of the molecule is O=C(O)CCN1CCC(O)C(CCF)C1. The van der Waals surface area contributed by atoms with E-state index in [1.807, 2.05) is 4.90 Å². The number of piperidine rings is 1. The fraction of sp³-hybridized carbons (Fsp3) is 0.900. The second kappa shape index (κ2) is 6.02. The van der Waals surface area contributed by atoms with Gasteiger partial charge >= 0.3 is 5.97 Å². The summed E-state index contributed by atoms with van der Waals surface area (Å²) in [7, 11) is 0. The third-order valence-corrected chi connectivity index (χ3v) is 2.90. The van der Waals surface area contributed by atoms with Gasteiger partial charge in [-0.1, -0.05) is 0 Å². The summed E-state index contributed by atoms with van der Waals surface area (Å²) < 4.78 is 12.2. The summed E-state index contributed by atoms with van der Waals surface area (Å²) in [5.74, 6) is -0.860. The number of carboxylic acid groups (broad SMARTS) is 1. The van der Waals surface area contributed by atoms with Crippen LogP contribution in [0.15, 0.2) is 0 Å². The van der Waals surface area contributed by atoms with Crippen LogP contribution in [-0.4, -0.2) is 53.5 Å². The van der Waals surface area contributed by atoms with Crippen molar-refractivity contribution in [2.75, 3.05) is 26.3 Å². The van der Waals surface area contributed by atoms with Crippen LogP contribution >= 0.6 is 0 Å². The second-order valence-electron chi connectivity index (χ2n) is 4.04. The number of aliphatic hydroxyl groups is 1. The van der Waals surface area contributed by atoms with Crippen molar-refractivity contribution in [3.8, 4) is 0 Å². The van der Waals surface area contributed by atoms with E-state index in [1.54, 1.807) is 0 Å². The van der Waals surface area contributed by atoms with Gasteiger partial charge in [-0.15, -0.1) is 0 Å². The largest absolute Gasteiger partial charge is 0.481 e. The average Bonchev–Trinajstić information content (AvgIpc) is 2.19. The molecule has 0 bridgehead atoms. The Morgan fingerprint density at radius 2 is 2.27 bits per heavy atom. The molecular weight excluding hydrogens is 201 g/mol. The zero-order valence-electron chi connectivity index (χ0n) is 8.73. The van der Waals surface area contributed by atoms with Gasteiger partial charge in [-0.3, -0.25) is 9.18 Å². The van der Waals surface area contributed by atoms with E-state index < -0.39 is 18.7 Å². The Kier molecular flexibility index (Phi) is 4.98. The number of nitrogens with zero attached hydrogens (tertiary/aromatic N) is 1. The molecule has 2 N–H and O–H groups in total.